The molecule has 1 heterocycles. The molecule has 5 nitrogen and oxygen atoms in total. The maximum Gasteiger partial charge on any atom is 0.278 e. The van der Waals surface area contributed by atoms with Crippen LogP contribution in [0.3, 0.4) is 0 Å². The lowest BCUT2D eigenvalue weighted by atomic mass is 10.0. The minimum Gasteiger partial charge on any atom is -0.466 e. The van der Waals surface area contributed by atoms with Crippen molar-refractivity contribution in [3.05, 3.63) is 59.7 Å². The lowest BCUT2D eigenvalue weighted by Crippen LogP contribution is -2.58. The monoisotopic (exact) mass is 324 g/mol. The third kappa shape index (κ3) is 3.11. The number of hydrogen-bond acceptors (Lipinski definition) is 3. The molecule has 2 amide bonds. The van der Waals surface area contributed by atoms with Crippen molar-refractivity contribution < 1.29 is 14.3 Å². The van der Waals surface area contributed by atoms with E-state index >= 15 is 0 Å². The van der Waals surface area contributed by atoms with Gasteiger partial charge in [-0.15, -0.1) is 0 Å². The third-order valence-electron chi connectivity index (χ3n) is 4.11. The molecule has 0 saturated carbocycles. The van der Waals surface area contributed by atoms with Gasteiger partial charge in [-0.3, -0.25) is 9.59 Å². The summed E-state index contributed by atoms with van der Waals surface area (Å²) >= 11 is 0. The maximum absolute atomic E-state index is 12.5. The number of anilines is 1. The average molecular weight is 324 g/mol. The zero-order chi connectivity index (χ0) is 17.2. The number of amides is 2. The first-order chi connectivity index (χ1) is 11.5. The highest BCUT2D eigenvalue weighted by Crippen LogP contribution is 2.34. The molecule has 5 heteroatoms. The van der Waals surface area contributed by atoms with Crippen molar-refractivity contribution in [3.63, 3.8) is 0 Å². The van der Waals surface area contributed by atoms with Crippen LogP contribution in [0.5, 0.6) is 5.75 Å². The molecule has 1 unspecified atom stereocenters. The van der Waals surface area contributed by atoms with E-state index < -0.39 is 17.4 Å². The number of carbonyl (C=O) groups excluding carboxylic acids is 2. The molecule has 124 valence electrons. The zero-order valence-corrected chi connectivity index (χ0v) is 13.8. The Balaban J connectivity index is 1.67. The van der Waals surface area contributed by atoms with Gasteiger partial charge in [0.1, 0.15) is 5.75 Å². The van der Waals surface area contributed by atoms with E-state index in [1.54, 1.807) is 6.07 Å². The van der Waals surface area contributed by atoms with E-state index in [4.69, 9.17) is 4.74 Å². The SMILES string of the molecule is Cc1ccc2c(c1)NC(=O)C(C)(C(=O)NCCc1ccccc1)O2. The van der Waals surface area contributed by atoms with Gasteiger partial charge in [-0.25, -0.2) is 0 Å². The van der Waals surface area contributed by atoms with Crippen LogP contribution in [0.1, 0.15) is 18.1 Å². The summed E-state index contributed by atoms with van der Waals surface area (Å²) in [6.45, 7) is 3.86. The largest absolute Gasteiger partial charge is 0.466 e. The number of carbonyl (C=O) groups is 2. The molecular weight excluding hydrogens is 304 g/mol. The van der Waals surface area contributed by atoms with Crippen LogP contribution in [0, 0.1) is 6.92 Å². The Labute approximate surface area is 141 Å². The summed E-state index contributed by atoms with van der Waals surface area (Å²) in [5.74, 6) is -0.402. The quantitative estimate of drug-likeness (QED) is 0.849. The Bertz CT molecular complexity index is 773. The van der Waals surface area contributed by atoms with Crippen LogP contribution < -0.4 is 15.4 Å². The molecule has 1 aliphatic heterocycles. The minimum atomic E-state index is -1.57. The summed E-state index contributed by atoms with van der Waals surface area (Å²) in [6.07, 6.45) is 0.695. The molecule has 1 aliphatic rings. The van der Waals surface area contributed by atoms with E-state index in [0.29, 0.717) is 24.4 Å². The second-order valence-electron chi connectivity index (χ2n) is 6.08. The van der Waals surface area contributed by atoms with Crippen LogP contribution in [0.4, 0.5) is 5.69 Å². The fourth-order valence-corrected chi connectivity index (χ4v) is 2.62. The highest BCUT2D eigenvalue weighted by molar-refractivity contribution is 6.15. The van der Waals surface area contributed by atoms with E-state index in [2.05, 4.69) is 10.6 Å². The van der Waals surface area contributed by atoms with Crippen LogP contribution in [0.15, 0.2) is 48.5 Å². The van der Waals surface area contributed by atoms with Gasteiger partial charge in [0.2, 0.25) is 0 Å². The van der Waals surface area contributed by atoms with Crippen molar-refractivity contribution in [1.29, 1.82) is 0 Å². The van der Waals surface area contributed by atoms with Crippen molar-refractivity contribution in [2.45, 2.75) is 25.9 Å². The van der Waals surface area contributed by atoms with E-state index in [1.165, 1.54) is 6.92 Å². The highest BCUT2D eigenvalue weighted by atomic mass is 16.5. The fraction of sp³-hybridized carbons (Fsp3) is 0.263. The van der Waals surface area contributed by atoms with Gasteiger partial charge in [-0.2, -0.15) is 0 Å². The van der Waals surface area contributed by atoms with Gasteiger partial charge in [0.05, 0.1) is 5.69 Å². The molecule has 0 fully saturated rings. The zero-order valence-electron chi connectivity index (χ0n) is 13.8. The van der Waals surface area contributed by atoms with Crippen molar-refractivity contribution in [2.24, 2.45) is 0 Å². The molecule has 24 heavy (non-hydrogen) atoms. The number of rotatable bonds is 4. The van der Waals surface area contributed by atoms with Crippen molar-refractivity contribution in [3.8, 4) is 5.75 Å². The summed E-state index contributed by atoms with van der Waals surface area (Å²) in [5, 5.41) is 5.54. The van der Waals surface area contributed by atoms with Crippen LogP contribution in [-0.4, -0.2) is 24.0 Å². The lowest BCUT2D eigenvalue weighted by molar-refractivity contribution is -0.146. The van der Waals surface area contributed by atoms with Crippen LogP contribution in [0.25, 0.3) is 0 Å². The topological polar surface area (TPSA) is 67.4 Å². The van der Waals surface area contributed by atoms with E-state index in [9.17, 15) is 9.59 Å². The Kier molecular flexibility index (Phi) is 4.25. The van der Waals surface area contributed by atoms with Gasteiger partial charge in [-0.1, -0.05) is 36.4 Å². The molecule has 1 atom stereocenters. The second kappa shape index (κ2) is 6.35. The number of hydrogen-bond donors (Lipinski definition) is 2. The molecule has 0 spiro atoms. The maximum atomic E-state index is 12.5. The number of nitrogens with one attached hydrogen (secondary N) is 2. The molecular formula is C19H20N2O3. The van der Waals surface area contributed by atoms with Gasteiger partial charge in [0.15, 0.2) is 0 Å². The Morgan fingerprint density at radius 3 is 2.71 bits per heavy atom. The first-order valence-electron chi connectivity index (χ1n) is 7.92. The first kappa shape index (κ1) is 16.1. The summed E-state index contributed by atoms with van der Waals surface area (Å²) in [6, 6.07) is 15.3. The molecule has 2 aromatic carbocycles. The molecule has 0 radical (unpaired) electrons. The third-order valence-corrected chi connectivity index (χ3v) is 4.11. The fourth-order valence-electron chi connectivity index (χ4n) is 2.62. The molecule has 0 aromatic heterocycles. The van der Waals surface area contributed by atoms with Crippen LogP contribution >= 0.6 is 0 Å². The van der Waals surface area contributed by atoms with Gasteiger partial charge in [0, 0.05) is 6.54 Å². The molecule has 0 bridgehead atoms. The van der Waals surface area contributed by atoms with Gasteiger partial charge in [0.25, 0.3) is 17.4 Å². The Hall–Kier alpha value is -2.82. The number of benzene rings is 2. The minimum absolute atomic E-state index is 0.440. The Morgan fingerprint density at radius 2 is 1.96 bits per heavy atom. The number of aryl methyl sites for hydroxylation is 1. The highest BCUT2D eigenvalue weighted by Gasteiger charge is 2.47. The van der Waals surface area contributed by atoms with Crippen molar-refractivity contribution in [1.82, 2.24) is 5.32 Å². The summed E-state index contributed by atoms with van der Waals surface area (Å²) < 4.78 is 5.73. The van der Waals surface area contributed by atoms with E-state index in [1.807, 2.05) is 49.4 Å². The summed E-state index contributed by atoms with van der Waals surface area (Å²) in [5.41, 5.74) is 1.15. The summed E-state index contributed by atoms with van der Waals surface area (Å²) in [4.78, 5) is 24.9. The number of ether oxygens (including phenoxy) is 1. The van der Waals surface area contributed by atoms with Crippen LogP contribution in [-0.2, 0) is 16.0 Å². The first-order valence-corrected chi connectivity index (χ1v) is 7.92. The average Bonchev–Trinajstić information content (AvgIpc) is 2.57. The predicted octanol–water partition coefficient (Wildman–Crippen LogP) is 2.44. The van der Waals surface area contributed by atoms with Gasteiger partial charge in [-0.05, 0) is 43.5 Å². The molecule has 0 aliphatic carbocycles. The smallest absolute Gasteiger partial charge is 0.278 e. The predicted molar refractivity (Wildman–Crippen MR) is 92.0 cm³/mol. The molecule has 0 saturated heterocycles. The van der Waals surface area contributed by atoms with Gasteiger partial charge < -0.3 is 15.4 Å². The summed E-state index contributed by atoms with van der Waals surface area (Å²) in [7, 11) is 0. The van der Waals surface area contributed by atoms with E-state index in [-0.39, 0.29) is 0 Å². The molecule has 3 rings (SSSR count). The van der Waals surface area contributed by atoms with Crippen molar-refractivity contribution >= 4 is 17.5 Å². The number of fused-ring (bicyclic) bond motifs is 1. The molecule has 2 N–H and O–H groups in total. The molecule has 2 aromatic rings. The van der Waals surface area contributed by atoms with Crippen molar-refractivity contribution in [2.75, 3.05) is 11.9 Å². The van der Waals surface area contributed by atoms with Crippen LogP contribution in [0.2, 0.25) is 0 Å². The normalized spacial score (nSPS) is 19.0. The Morgan fingerprint density at radius 1 is 1.21 bits per heavy atom. The standard InChI is InChI=1S/C19H20N2O3/c1-13-8-9-16-15(12-13)21-18(23)19(2,24-16)17(22)20-11-10-14-6-4-3-5-7-14/h3-9,12H,10-11H2,1-2H3,(H,20,22)(H,21,23). The second-order valence-corrected chi connectivity index (χ2v) is 6.08. The van der Waals surface area contributed by atoms with E-state index in [0.717, 1.165) is 11.1 Å². The van der Waals surface area contributed by atoms with Gasteiger partial charge >= 0.3 is 0 Å². The lowest BCUT2D eigenvalue weighted by Gasteiger charge is -2.33.